The molecule has 126 valence electrons. The van der Waals surface area contributed by atoms with E-state index in [-0.39, 0.29) is 18.4 Å². The van der Waals surface area contributed by atoms with E-state index in [9.17, 15) is 9.59 Å². The zero-order valence-corrected chi connectivity index (χ0v) is 14.2. The van der Waals surface area contributed by atoms with E-state index >= 15 is 0 Å². The van der Waals surface area contributed by atoms with Crippen LogP contribution in [0.3, 0.4) is 0 Å². The molecule has 0 aliphatic carbocycles. The van der Waals surface area contributed by atoms with E-state index in [4.69, 9.17) is 5.73 Å². The predicted molar refractivity (Wildman–Crippen MR) is 95.6 cm³/mol. The van der Waals surface area contributed by atoms with Crippen molar-refractivity contribution in [3.63, 3.8) is 0 Å². The Bertz CT molecular complexity index is 708. The number of rotatable bonds is 5. The highest BCUT2D eigenvalue weighted by Gasteiger charge is 2.21. The van der Waals surface area contributed by atoms with Gasteiger partial charge in [0.15, 0.2) is 0 Å². The lowest BCUT2D eigenvalue weighted by atomic mass is 10.0. The molecule has 0 saturated carbocycles. The highest BCUT2D eigenvalue weighted by atomic mass is 16.2. The van der Waals surface area contributed by atoms with Crippen LogP contribution in [0.5, 0.6) is 0 Å². The zero-order chi connectivity index (χ0) is 17.7. The largest absolute Gasteiger partial charge is 0.335 e. The molecule has 2 aromatic rings. The van der Waals surface area contributed by atoms with E-state index in [2.05, 4.69) is 5.32 Å². The van der Waals surface area contributed by atoms with Crippen molar-refractivity contribution in [3.05, 3.63) is 65.2 Å². The Kier molecular flexibility index (Phi) is 5.71. The van der Waals surface area contributed by atoms with Crippen LogP contribution in [-0.4, -0.2) is 30.3 Å². The van der Waals surface area contributed by atoms with Crippen LogP contribution in [0.25, 0.3) is 0 Å². The first kappa shape index (κ1) is 17.7. The van der Waals surface area contributed by atoms with Gasteiger partial charge in [-0.2, -0.15) is 0 Å². The van der Waals surface area contributed by atoms with E-state index in [1.807, 2.05) is 62.4 Å². The molecule has 0 heterocycles. The Morgan fingerprint density at radius 2 is 1.50 bits per heavy atom. The quantitative estimate of drug-likeness (QED) is 0.886. The van der Waals surface area contributed by atoms with Crippen LogP contribution in [-0.2, 0) is 9.59 Å². The first-order valence-electron chi connectivity index (χ1n) is 7.80. The number of likely N-dealkylation sites (N-methyl/N-ethyl adjacent to an activating group) is 1. The molecule has 0 radical (unpaired) electrons. The molecule has 2 aromatic carbocycles. The Balaban J connectivity index is 1.93. The Morgan fingerprint density at radius 3 is 2.04 bits per heavy atom. The van der Waals surface area contributed by atoms with Crippen molar-refractivity contribution in [2.24, 2.45) is 5.73 Å². The van der Waals surface area contributed by atoms with Gasteiger partial charge in [-0.15, -0.1) is 0 Å². The van der Waals surface area contributed by atoms with Crippen LogP contribution in [0, 0.1) is 13.8 Å². The minimum absolute atomic E-state index is 0.0493. The van der Waals surface area contributed by atoms with Gasteiger partial charge in [-0.05, 0) is 31.5 Å². The fourth-order valence-corrected chi connectivity index (χ4v) is 2.28. The Labute approximate surface area is 142 Å². The van der Waals surface area contributed by atoms with E-state index in [0.717, 1.165) is 16.7 Å². The molecule has 0 fully saturated rings. The monoisotopic (exact) mass is 325 g/mol. The van der Waals surface area contributed by atoms with Gasteiger partial charge in [0.2, 0.25) is 11.8 Å². The molecular weight excluding hydrogens is 302 g/mol. The van der Waals surface area contributed by atoms with Gasteiger partial charge in [-0.3, -0.25) is 9.59 Å². The van der Waals surface area contributed by atoms with Gasteiger partial charge in [0.05, 0.1) is 6.54 Å². The summed E-state index contributed by atoms with van der Waals surface area (Å²) in [4.78, 5) is 25.8. The normalized spacial score (nSPS) is 11.7. The average molecular weight is 325 g/mol. The molecule has 5 nitrogen and oxygen atoms in total. The van der Waals surface area contributed by atoms with Gasteiger partial charge in [0.25, 0.3) is 0 Å². The fourth-order valence-electron chi connectivity index (χ4n) is 2.28. The van der Waals surface area contributed by atoms with E-state index in [1.165, 1.54) is 4.90 Å². The van der Waals surface area contributed by atoms with Crippen LogP contribution >= 0.6 is 0 Å². The summed E-state index contributed by atoms with van der Waals surface area (Å²) in [5, 5.41) is 2.77. The number of amides is 2. The van der Waals surface area contributed by atoms with Crippen LogP contribution in [0.2, 0.25) is 0 Å². The Morgan fingerprint density at radius 1 is 1.00 bits per heavy atom. The number of benzene rings is 2. The molecule has 1 unspecified atom stereocenters. The molecule has 5 heteroatoms. The second kappa shape index (κ2) is 7.75. The fraction of sp³-hybridized carbons (Fsp3) is 0.263. The Hall–Kier alpha value is -2.66. The third kappa shape index (κ3) is 4.67. The molecule has 1 atom stereocenters. The summed E-state index contributed by atoms with van der Waals surface area (Å²) in [7, 11) is 1.57. The van der Waals surface area contributed by atoms with Gasteiger partial charge in [-0.1, -0.05) is 47.5 Å². The third-order valence-electron chi connectivity index (χ3n) is 3.79. The van der Waals surface area contributed by atoms with Crippen LogP contribution in [0.1, 0.15) is 22.7 Å². The van der Waals surface area contributed by atoms with Crippen LogP contribution in [0.4, 0.5) is 5.69 Å². The van der Waals surface area contributed by atoms with Crippen molar-refractivity contribution < 1.29 is 9.59 Å². The average Bonchev–Trinajstić information content (AvgIpc) is 2.56. The summed E-state index contributed by atoms with van der Waals surface area (Å²) in [6, 6.07) is 14.2. The molecule has 0 bridgehead atoms. The molecule has 2 rings (SSSR count). The molecule has 2 amide bonds. The van der Waals surface area contributed by atoms with Gasteiger partial charge in [-0.25, -0.2) is 0 Å². The second-order valence-corrected chi connectivity index (χ2v) is 6.00. The van der Waals surface area contributed by atoms with Crippen molar-refractivity contribution in [2.45, 2.75) is 19.9 Å². The standard InChI is InChI=1S/C19H23N3O2/c1-13-4-8-15(9-5-13)18(20)19(24)22(3)12-17(23)21-16-10-6-14(2)7-11-16/h4-11,18H,12,20H2,1-3H3,(H,21,23). The lowest BCUT2D eigenvalue weighted by Crippen LogP contribution is -2.40. The van der Waals surface area contributed by atoms with Crippen molar-refractivity contribution in [3.8, 4) is 0 Å². The molecule has 0 aromatic heterocycles. The molecule has 24 heavy (non-hydrogen) atoms. The topological polar surface area (TPSA) is 75.4 Å². The summed E-state index contributed by atoms with van der Waals surface area (Å²) in [6.45, 7) is 3.90. The smallest absolute Gasteiger partial charge is 0.244 e. The van der Waals surface area contributed by atoms with Crippen molar-refractivity contribution in [1.29, 1.82) is 0 Å². The van der Waals surface area contributed by atoms with E-state index in [1.54, 1.807) is 7.05 Å². The molecular formula is C19H23N3O2. The lowest BCUT2D eigenvalue weighted by Gasteiger charge is -2.21. The summed E-state index contributed by atoms with van der Waals surface area (Å²) < 4.78 is 0. The van der Waals surface area contributed by atoms with Gasteiger partial charge in [0.1, 0.15) is 6.04 Å². The maximum atomic E-state index is 12.4. The van der Waals surface area contributed by atoms with Crippen LogP contribution < -0.4 is 11.1 Å². The number of hydrogen-bond donors (Lipinski definition) is 2. The van der Waals surface area contributed by atoms with E-state index in [0.29, 0.717) is 5.69 Å². The van der Waals surface area contributed by atoms with Gasteiger partial charge < -0.3 is 16.0 Å². The summed E-state index contributed by atoms with van der Waals surface area (Å²) >= 11 is 0. The third-order valence-corrected chi connectivity index (χ3v) is 3.79. The number of carbonyl (C=O) groups excluding carboxylic acids is 2. The second-order valence-electron chi connectivity index (χ2n) is 6.00. The molecule has 0 saturated heterocycles. The number of hydrogen-bond acceptors (Lipinski definition) is 3. The van der Waals surface area contributed by atoms with Gasteiger partial charge in [0, 0.05) is 12.7 Å². The minimum Gasteiger partial charge on any atom is -0.335 e. The maximum absolute atomic E-state index is 12.4. The van der Waals surface area contributed by atoms with Crippen molar-refractivity contribution in [2.75, 3.05) is 18.9 Å². The molecule has 0 spiro atoms. The number of aryl methyl sites for hydroxylation is 2. The molecule has 0 aliphatic heterocycles. The predicted octanol–water partition coefficient (Wildman–Crippen LogP) is 2.40. The molecule has 0 aliphatic rings. The van der Waals surface area contributed by atoms with Gasteiger partial charge >= 0.3 is 0 Å². The van der Waals surface area contributed by atoms with E-state index < -0.39 is 6.04 Å². The van der Waals surface area contributed by atoms with Crippen molar-refractivity contribution >= 4 is 17.5 Å². The summed E-state index contributed by atoms with van der Waals surface area (Å²) in [6.07, 6.45) is 0. The maximum Gasteiger partial charge on any atom is 0.244 e. The number of nitrogens with two attached hydrogens (primary N) is 1. The minimum atomic E-state index is -0.775. The highest BCUT2D eigenvalue weighted by molar-refractivity contribution is 5.95. The first-order chi connectivity index (χ1) is 11.4. The molecule has 3 N–H and O–H groups in total. The van der Waals surface area contributed by atoms with Crippen LogP contribution in [0.15, 0.2) is 48.5 Å². The highest BCUT2D eigenvalue weighted by Crippen LogP contribution is 2.14. The summed E-state index contributed by atoms with van der Waals surface area (Å²) in [5.41, 5.74) is 9.66. The number of anilines is 1. The number of nitrogens with zero attached hydrogens (tertiary/aromatic N) is 1. The van der Waals surface area contributed by atoms with Crippen molar-refractivity contribution in [1.82, 2.24) is 4.90 Å². The summed E-state index contributed by atoms with van der Waals surface area (Å²) in [5.74, 6) is -0.552. The number of nitrogens with one attached hydrogen (secondary N) is 1. The first-order valence-corrected chi connectivity index (χ1v) is 7.80. The SMILES string of the molecule is Cc1ccc(NC(=O)CN(C)C(=O)C(N)c2ccc(C)cc2)cc1. The number of carbonyl (C=O) groups is 2. The lowest BCUT2D eigenvalue weighted by molar-refractivity contribution is -0.134. The zero-order valence-electron chi connectivity index (χ0n) is 14.2.